The van der Waals surface area contributed by atoms with E-state index in [0.29, 0.717) is 11.8 Å². The minimum atomic E-state index is -2.91. The number of benzene rings is 4. The maximum Gasteiger partial charge on any atom is -1.00 e. The molecule has 3 heteroatoms. The van der Waals surface area contributed by atoms with Crippen LogP contribution in [0.25, 0.3) is 11.1 Å². The van der Waals surface area contributed by atoms with E-state index in [4.69, 9.17) is 0 Å². The van der Waals surface area contributed by atoms with E-state index in [2.05, 4.69) is 168 Å². The summed E-state index contributed by atoms with van der Waals surface area (Å²) in [7, 11) is 0. The number of aryl methyl sites for hydroxylation is 2. The predicted molar refractivity (Wildman–Crippen MR) is 202 cm³/mol. The molecule has 2 aliphatic rings. The van der Waals surface area contributed by atoms with Gasteiger partial charge in [-0.1, -0.05) is 0 Å². The third-order valence-corrected chi connectivity index (χ3v) is 19.0. The maximum absolute atomic E-state index is 2.91. The summed E-state index contributed by atoms with van der Waals surface area (Å²) >= 11 is -2.91. The van der Waals surface area contributed by atoms with Gasteiger partial charge in [0.1, 0.15) is 0 Å². The molecule has 1 atom stereocenters. The Hall–Kier alpha value is -2.31. The molecule has 0 aromatic heterocycles. The molecule has 4 aromatic carbocycles. The summed E-state index contributed by atoms with van der Waals surface area (Å²) in [6.45, 7) is 28.3. The van der Waals surface area contributed by atoms with Crippen LogP contribution in [0.4, 0.5) is 0 Å². The van der Waals surface area contributed by atoms with Crippen molar-refractivity contribution in [3.63, 3.8) is 0 Å². The summed E-state index contributed by atoms with van der Waals surface area (Å²) in [5.74, 6) is 0.964. The van der Waals surface area contributed by atoms with Crippen LogP contribution in [0.3, 0.4) is 0 Å². The average Bonchev–Trinajstić information content (AvgIpc) is 3.52. The molecule has 0 heterocycles. The topological polar surface area (TPSA) is 0 Å². The molecule has 0 bridgehead atoms. The van der Waals surface area contributed by atoms with Crippen LogP contribution in [0.15, 0.2) is 99.4 Å². The number of hydrogen-bond acceptors (Lipinski definition) is 0. The molecule has 1 unspecified atom stereocenters. The molecule has 4 aromatic rings. The van der Waals surface area contributed by atoms with Crippen LogP contribution in [0.1, 0.15) is 114 Å². The zero-order chi connectivity index (χ0) is 34.0. The first-order chi connectivity index (χ1) is 22.0. The summed E-state index contributed by atoms with van der Waals surface area (Å²) < 4.78 is 5.05. The first-order valence-electron chi connectivity index (χ1n) is 17.7. The number of fused-ring (bicyclic) bond motifs is 3. The molecule has 0 nitrogen and oxygen atoms in total. The average molecular weight is 769 g/mol. The van der Waals surface area contributed by atoms with Gasteiger partial charge in [-0.05, 0) is 0 Å². The second-order valence-corrected chi connectivity index (χ2v) is 22.4. The minimum absolute atomic E-state index is 0. The van der Waals surface area contributed by atoms with Crippen molar-refractivity contribution in [2.24, 2.45) is 11.8 Å². The second-order valence-electron chi connectivity index (χ2n) is 16.7. The van der Waals surface area contributed by atoms with Crippen molar-refractivity contribution < 1.29 is 46.1 Å². The van der Waals surface area contributed by atoms with Gasteiger partial charge in [0.2, 0.25) is 0 Å². The molecule has 49 heavy (non-hydrogen) atoms. The van der Waals surface area contributed by atoms with E-state index >= 15 is 0 Å². The Morgan fingerprint density at radius 1 is 0.673 bits per heavy atom. The molecule has 0 saturated heterocycles. The first-order valence-corrected chi connectivity index (χ1v) is 21.4. The van der Waals surface area contributed by atoms with Crippen LogP contribution in [0.2, 0.25) is 0 Å². The van der Waals surface area contributed by atoms with Crippen molar-refractivity contribution in [3.05, 3.63) is 144 Å². The van der Waals surface area contributed by atoms with Gasteiger partial charge in [0.05, 0.1) is 0 Å². The standard InChI is InChI=1S/C21H25.C15H14.C10H15.2ClH.Zr/c1-20(2,3)16-9-7-14-11-15-8-10-17(21(4,5)6)13-19(15)18(14)12-16;1-12-3-7-14(8-4-12)11-15-9-5-13(2)6-10-15;1-7(2)10-6-8(3)5-9(10)4;;;/h7,9-10,12-13H,11H2,1-6H3;3-10H,1-2H3;6-8H,1-4H3;2*1H;/q;;;;;+2/p-2. The fraction of sp³-hybridized carbons (Fsp3) is 0.370. The first kappa shape index (κ1) is 39.5. The van der Waals surface area contributed by atoms with E-state index in [1.54, 1.807) is 26.5 Å². The Bertz CT molecular complexity index is 1910. The van der Waals surface area contributed by atoms with E-state index in [9.17, 15) is 0 Å². The number of hydrogen-bond donors (Lipinski definition) is 0. The molecular formula is C46H54Cl2Zr. The van der Waals surface area contributed by atoms with Gasteiger partial charge >= 0.3 is 295 Å². The monoisotopic (exact) mass is 766 g/mol. The Morgan fingerprint density at radius 2 is 1.18 bits per heavy atom. The van der Waals surface area contributed by atoms with E-state index in [-0.39, 0.29) is 35.6 Å². The van der Waals surface area contributed by atoms with Crippen molar-refractivity contribution >= 4 is 6.48 Å². The van der Waals surface area contributed by atoms with Gasteiger partial charge in [0.15, 0.2) is 0 Å². The van der Waals surface area contributed by atoms with Crippen molar-refractivity contribution in [1.82, 2.24) is 0 Å². The minimum Gasteiger partial charge on any atom is -1.00 e. The molecule has 0 saturated carbocycles. The SMILES string of the molecule is CC1=[C]([Zr+2](=[C](c2ccc(C)cc2)c2ccc(C)cc2)[c]2cc(C(C)(C)C)cc3c2Cc2ccc(C(C)(C)C)cc2-3)C(C)C=C1C(C)C.[Cl-].[Cl-]. The van der Waals surface area contributed by atoms with E-state index in [1.807, 2.05) is 0 Å². The molecule has 0 radical (unpaired) electrons. The van der Waals surface area contributed by atoms with E-state index in [1.165, 1.54) is 50.1 Å². The molecule has 0 N–H and O–H groups in total. The van der Waals surface area contributed by atoms with Crippen molar-refractivity contribution in [2.45, 2.75) is 100 Å². The second kappa shape index (κ2) is 14.7. The molecule has 0 spiro atoms. The number of halogens is 2. The maximum atomic E-state index is 2.69. The van der Waals surface area contributed by atoms with Crippen molar-refractivity contribution in [1.29, 1.82) is 0 Å². The predicted octanol–water partition coefficient (Wildman–Crippen LogP) is 5.50. The number of rotatable bonds is 5. The van der Waals surface area contributed by atoms with E-state index < -0.39 is 21.3 Å². The normalized spacial score (nSPS) is 15.2. The third kappa shape index (κ3) is 7.66. The third-order valence-electron chi connectivity index (χ3n) is 10.6. The Balaban J connectivity index is 0.00000270. The molecular weight excluding hydrogens is 715 g/mol. The number of allylic oxidation sites excluding steroid dienone is 4. The largest absolute Gasteiger partial charge is 1.00 e. The summed E-state index contributed by atoms with van der Waals surface area (Å²) in [5.41, 5.74) is 17.6. The molecule has 0 fully saturated rings. The van der Waals surface area contributed by atoms with Gasteiger partial charge < -0.3 is 24.8 Å². The molecule has 6 rings (SSSR count). The van der Waals surface area contributed by atoms with Gasteiger partial charge in [-0.15, -0.1) is 0 Å². The van der Waals surface area contributed by atoms with Crippen LogP contribution in [-0.4, -0.2) is 3.21 Å². The summed E-state index contributed by atoms with van der Waals surface area (Å²) in [6.07, 6.45) is 3.63. The zero-order valence-corrected chi connectivity index (χ0v) is 35.7. The van der Waals surface area contributed by atoms with Crippen molar-refractivity contribution in [3.8, 4) is 11.1 Å². The van der Waals surface area contributed by atoms with Crippen LogP contribution in [0, 0.1) is 25.7 Å². The Morgan fingerprint density at radius 3 is 1.65 bits per heavy atom. The summed E-state index contributed by atoms with van der Waals surface area (Å²) in [6, 6.07) is 31.5. The van der Waals surface area contributed by atoms with E-state index in [0.717, 1.165) is 6.42 Å². The smallest absolute Gasteiger partial charge is 1.00 e. The van der Waals surface area contributed by atoms with Crippen LogP contribution in [-0.2, 0) is 38.5 Å². The van der Waals surface area contributed by atoms with Crippen molar-refractivity contribution in [2.75, 3.05) is 0 Å². The molecule has 0 amide bonds. The Kier molecular flexibility index (Phi) is 11.9. The van der Waals surface area contributed by atoms with Gasteiger partial charge in [-0.25, -0.2) is 0 Å². The summed E-state index contributed by atoms with van der Waals surface area (Å²) in [4.78, 5) is 0. The zero-order valence-electron chi connectivity index (χ0n) is 31.7. The fourth-order valence-corrected chi connectivity index (χ4v) is 16.6. The summed E-state index contributed by atoms with van der Waals surface area (Å²) in [5, 5.41) is 0. The van der Waals surface area contributed by atoms with Crippen LogP contribution in [0.5, 0.6) is 0 Å². The van der Waals surface area contributed by atoms with Gasteiger partial charge in [-0.2, -0.15) is 0 Å². The fourth-order valence-electron chi connectivity index (χ4n) is 7.72. The molecule has 2 aliphatic carbocycles. The Labute approximate surface area is 317 Å². The van der Waals surface area contributed by atoms with Crippen LogP contribution < -0.4 is 28.1 Å². The molecule has 0 aliphatic heterocycles. The molecule has 256 valence electrons. The van der Waals surface area contributed by atoms with Gasteiger partial charge in [0, 0.05) is 0 Å². The van der Waals surface area contributed by atoms with Gasteiger partial charge in [0.25, 0.3) is 0 Å². The van der Waals surface area contributed by atoms with Gasteiger partial charge in [-0.3, -0.25) is 0 Å². The van der Waals surface area contributed by atoms with Crippen LogP contribution >= 0.6 is 0 Å². The quantitative estimate of drug-likeness (QED) is 0.222.